The third kappa shape index (κ3) is 7.41. The Morgan fingerprint density at radius 2 is 1.64 bits per heavy atom. The van der Waals surface area contributed by atoms with Gasteiger partial charge in [0.25, 0.3) is 5.91 Å². The number of amides is 3. The normalized spacial score (nSPS) is 18.0. The van der Waals surface area contributed by atoms with Crippen molar-refractivity contribution in [3.05, 3.63) is 53.6 Å². The molecule has 3 N–H and O–H groups in total. The van der Waals surface area contributed by atoms with E-state index in [4.69, 9.17) is 4.74 Å². The van der Waals surface area contributed by atoms with Gasteiger partial charge in [0.1, 0.15) is 11.5 Å². The predicted molar refractivity (Wildman–Crippen MR) is 137 cm³/mol. The molecule has 9 nitrogen and oxygen atoms in total. The standard InChI is InChI=1S/C26H30F3N3O6S/c1-39(36,37)31-23(33)17-6-8-21(9-7-17)38-22-15-19(26(27,28)29)14-20(16-22)30-24(34)32-12-10-25(35,11-13-32)18-4-2-3-5-18/h6-9,14-16,18,35H,2-5,10-13H2,1H3,(H,30,34)(H,31,33). The lowest BCUT2D eigenvalue weighted by atomic mass is 9.78. The van der Waals surface area contributed by atoms with Gasteiger partial charge in [0, 0.05) is 30.4 Å². The highest BCUT2D eigenvalue weighted by atomic mass is 32.2. The second kappa shape index (κ2) is 11.0. The molecule has 212 valence electrons. The molecule has 2 aromatic carbocycles. The average Bonchev–Trinajstić information content (AvgIpc) is 3.39. The summed E-state index contributed by atoms with van der Waals surface area (Å²) < 4.78 is 70.6. The number of carbonyl (C=O) groups excluding carboxylic acids is 2. The molecule has 0 bridgehead atoms. The van der Waals surface area contributed by atoms with E-state index in [1.165, 1.54) is 35.2 Å². The second-order valence-electron chi connectivity index (χ2n) is 10.1. The SMILES string of the molecule is CS(=O)(=O)NC(=O)c1ccc(Oc2cc(NC(=O)N3CCC(O)(C4CCCC4)CC3)cc(C(F)(F)F)c2)cc1. The molecule has 0 atom stereocenters. The van der Waals surface area contributed by atoms with E-state index >= 15 is 0 Å². The maximum atomic E-state index is 13.6. The minimum atomic E-state index is -4.71. The molecule has 13 heteroatoms. The summed E-state index contributed by atoms with van der Waals surface area (Å²) in [7, 11) is -3.77. The Labute approximate surface area is 224 Å². The van der Waals surface area contributed by atoms with E-state index in [2.05, 4.69) is 5.32 Å². The van der Waals surface area contributed by atoms with Gasteiger partial charge in [-0.25, -0.2) is 17.9 Å². The minimum absolute atomic E-state index is 0.00568. The van der Waals surface area contributed by atoms with Crippen molar-refractivity contribution < 1.29 is 41.0 Å². The summed E-state index contributed by atoms with van der Waals surface area (Å²) in [6, 6.07) is 7.38. The number of carbonyl (C=O) groups is 2. The quantitative estimate of drug-likeness (QED) is 0.462. The number of rotatable bonds is 6. The maximum Gasteiger partial charge on any atom is 0.416 e. The number of urea groups is 1. The molecule has 1 aliphatic carbocycles. The molecule has 2 fully saturated rings. The number of halogens is 3. The fraction of sp³-hybridized carbons (Fsp3) is 0.462. The van der Waals surface area contributed by atoms with E-state index in [0.717, 1.165) is 44.1 Å². The Morgan fingerprint density at radius 1 is 1.03 bits per heavy atom. The van der Waals surface area contributed by atoms with Gasteiger partial charge in [0.15, 0.2) is 0 Å². The number of anilines is 1. The summed E-state index contributed by atoms with van der Waals surface area (Å²) in [6.45, 7) is 0.584. The van der Waals surface area contributed by atoms with Crippen LogP contribution in [0.4, 0.5) is 23.7 Å². The molecule has 0 spiro atoms. The third-order valence-electron chi connectivity index (χ3n) is 7.15. The number of piperidine rings is 1. The van der Waals surface area contributed by atoms with E-state index in [0.29, 0.717) is 25.9 Å². The van der Waals surface area contributed by atoms with Crippen LogP contribution in [0.3, 0.4) is 0 Å². The molecule has 0 unspecified atom stereocenters. The van der Waals surface area contributed by atoms with E-state index in [1.54, 1.807) is 0 Å². The van der Waals surface area contributed by atoms with Gasteiger partial charge in [-0.05, 0) is 68.0 Å². The van der Waals surface area contributed by atoms with Crippen molar-refractivity contribution >= 4 is 27.6 Å². The molecule has 1 saturated carbocycles. The number of alkyl halides is 3. The van der Waals surface area contributed by atoms with E-state index < -0.39 is 39.3 Å². The Kier molecular flexibility index (Phi) is 8.12. The Morgan fingerprint density at radius 3 is 2.21 bits per heavy atom. The first-order valence-corrected chi connectivity index (χ1v) is 14.4. The average molecular weight is 570 g/mol. The molecule has 3 amide bonds. The predicted octanol–water partition coefficient (Wildman–Crippen LogP) is 4.74. The van der Waals surface area contributed by atoms with Crippen LogP contribution in [0.15, 0.2) is 42.5 Å². The van der Waals surface area contributed by atoms with Crippen molar-refractivity contribution in [3.8, 4) is 11.5 Å². The van der Waals surface area contributed by atoms with Gasteiger partial charge < -0.3 is 20.1 Å². The fourth-order valence-corrected chi connectivity index (χ4v) is 5.56. The van der Waals surface area contributed by atoms with Crippen molar-refractivity contribution in [3.63, 3.8) is 0 Å². The van der Waals surface area contributed by atoms with Crippen LogP contribution in [0.25, 0.3) is 0 Å². The summed E-state index contributed by atoms with van der Waals surface area (Å²) in [5.74, 6) is -0.769. The van der Waals surface area contributed by atoms with Crippen LogP contribution in [-0.2, 0) is 16.2 Å². The van der Waals surface area contributed by atoms with Crippen LogP contribution in [0.1, 0.15) is 54.4 Å². The number of likely N-dealkylation sites (tertiary alicyclic amines) is 1. The maximum absolute atomic E-state index is 13.6. The lowest BCUT2D eigenvalue weighted by molar-refractivity contribution is -0.137. The number of aliphatic hydroxyl groups is 1. The van der Waals surface area contributed by atoms with Crippen LogP contribution in [0, 0.1) is 5.92 Å². The van der Waals surface area contributed by atoms with Crippen LogP contribution in [-0.4, -0.2) is 55.3 Å². The van der Waals surface area contributed by atoms with Crippen LogP contribution in [0.2, 0.25) is 0 Å². The molecule has 1 heterocycles. The molecule has 0 aromatic heterocycles. The van der Waals surface area contributed by atoms with Crippen LogP contribution in [0.5, 0.6) is 11.5 Å². The smallest absolute Gasteiger partial charge is 0.416 e. The Hall–Kier alpha value is -3.32. The minimum Gasteiger partial charge on any atom is -0.457 e. The molecule has 1 aliphatic heterocycles. The first-order chi connectivity index (χ1) is 18.2. The summed E-state index contributed by atoms with van der Waals surface area (Å²) in [4.78, 5) is 26.3. The molecular formula is C26H30F3N3O6S. The Balaban J connectivity index is 1.45. The topological polar surface area (TPSA) is 125 Å². The van der Waals surface area contributed by atoms with Gasteiger partial charge in [-0.3, -0.25) is 4.79 Å². The second-order valence-corrected chi connectivity index (χ2v) is 11.8. The molecule has 1 saturated heterocycles. The Bertz CT molecular complexity index is 1320. The van der Waals surface area contributed by atoms with Gasteiger partial charge in [-0.15, -0.1) is 0 Å². The first-order valence-electron chi connectivity index (χ1n) is 12.5. The number of ether oxygens (including phenoxy) is 1. The van der Waals surface area contributed by atoms with Crippen LogP contribution < -0.4 is 14.8 Å². The molecule has 39 heavy (non-hydrogen) atoms. The summed E-state index contributed by atoms with van der Waals surface area (Å²) >= 11 is 0. The van der Waals surface area contributed by atoms with Crippen molar-refractivity contribution in [1.82, 2.24) is 9.62 Å². The third-order valence-corrected chi connectivity index (χ3v) is 7.70. The number of hydrogen-bond donors (Lipinski definition) is 3. The van der Waals surface area contributed by atoms with Gasteiger partial charge in [-0.2, -0.15) is 13.2 Å². The summed E-state index contributed by atoms with van der Waals surface area (Å²) in [5.41, 5.74) is -1.96. The monoisotopic (exact) mass is 569 g/mol. The zero-order valence-corrected chi connectivity index (χ0v) is 22.1. The van der Waals surface area contributed by atoms with Gasteiger partial charge in [0.2, 0.25) is 10.0 Å². The number of benzene rings is 2. The highest BCUT2D eigenvalue weighted by molar-refractivity contribution is 7.89. The fourth-order valence-electron chi connectivity index (χ4n) is 5.10. The molecule has 2 aromatic rings. The van der Waals surface area contributed by atoms with Crippen molar-refractivity contribution in [2.24, 2.45) is 5.92 Å². The van der Waals surface area contributed by atoms with E-state index in [-0.39, 0.29) is 28.7 Å². The lowest BCUT2D eigenvalue weighted by Crippen LogP contribution is -2.50. The zero-order chi connectivity index (χ0) is 28.4. The zero-order valence-electron chi connectivity index (χ0n) is 21.3. The molecular weight excluding hydrogens is 539 g/mol. The number of nitrogens with one attached hydrogen (secondary N) is 2. The highest BCUT2D eigenvalue weighted by Crippen LogP contribution is 2.40. The lowest BCUT2D eigenvalue weighted by Gasteiger charge is -2.41. The van der Waals surface area contributed by atoms with Gasteiger partial charge in [0.05, 0.1) is 17.4 Å². The van der Waals surface area contributed by atoms with Crippen molar-refractivity contribution in [2.75, 3.05) is 24.7 Å². The van der Waals surface area contributed by atoms with E-state index in [1.807, 2.05) is 4.72 Å². The summed E-state index contributed by atoms with van der Waals surface area (Å²) in [6.07, 6.45) is 1.04. The van der Waals surface area contributed by atoms with Crippen molar-refractivity contribution in [2.45, 2.75) is 50.3 Å². The largest absolute Gasteiger partial charge is 0.457 e. The van der Waals surface area contributed by atoms with Gasteiger partial charge in [-0.1, -0.05) is 12.8 Å². The number of sulfonamides is 1. The number of nitrogens with zero attached hydrogens (tertiary/aromatic N) is 1. The number of hydrogen-bond acceptors (Lipinski definition) is 6. The van der Waals surface area contributed by atoms with E-state index in [9.17, 15) is 36.3 Å². The molecule has 0 radical (unpaired) electrons. The highest BCUT2D eigenvalue weighted by Gasteiger charge is 2.41. The summed E-state index contributed by atoms with van der Waals surface area (Å²) in [5, 5.41) is 13.5. The van der Waals surface area contributed by atoms with Gasteiger partial charge >= 0.3 is 12.2 Å². The molecule has 2 aliphatic rings. The molecule has 4 rings (SSSR count). The van der Waals surface area contributed by atoms with Crippen LogP contribution >= 0.6 is 0 Å². The van der Waals surface area contributed by atoms with Crippen molar-refractivity contribution in [1.29, 1.82) is 0 Å². The first kappa shape index (κ1) is 28.7.